The zero-order valence-corrected chi connectivity index (χ0v) is 20.6. The number of esters is 1. The van der Waals surface area contributed by atoms with Crippen LogP contribution in [0.2, 0.25) is 0 Å². The van der Waals surface area contributed by atoms with Crippen LogP contribution in [0, 0.1) is 39.7 Å². The molecule has 5 atom stereocenters. The Labute approximate surface area is 217 Å². The maximum Gasteiger partial charge on any atom is 0.316 e. The van der Waals surface area contributed by atoms with Gasteiger partial charge in [-0.2, -0.15) is 0 Å². The molecule has 4 fully saturated rings. The van der Waals surface area contributed by atoms with Crippen molar-refractivity contribution in [3.05, 3.63) is 52.6 Å². The van der Waals surface area contributed by atoms with Crippen molar-refractivity contribution >= 4 is 40.8 Å². The van der Waals surface area contributed by atoms with Crippen LogP contribution in [-0.2, 0) is 19.2 Å². The highest BCUT2D eigenvalue weighted by Crippen LogP contribution is 2.56. The Kier molecular flexibility index (Phi) is 5.66. The summed E-state index contributed by atoms with van der Waals surface area (Å²) in [5, 5.41) is 11.1. The number of carbonyl (C=O) groups excluding carboxylic acids is 4. The third-order valence-corrected chi connectivity index (χ3v) is 8.35. The van der Waals surface area contributed by atoms with E-state index in [0.29, 0.717) is 11.4 Å². The number of benzene rings is 2. The normalized spacial score (nSPS) is 27.7. The third kappa shape index (κ3) is 3.72. The minimum absolute atomic E-state index is 0.0146. The molecular formula is C27H25N3O8. The molecule has 0 spiro atoms. The fourth-order valence-corrected chi connectivity index (χ4v) is 6.65. The number of methoxy groups -OCH3 is 1. The van der Waals surface area contributed by atoms with Gasteiger partial charge in [-0.1, -0.05) is 6.07 Å². The molecule has 2 bridgehead atoms. The number of hydrogen-bond acceptors (Lipinski definition) is 8. The van der Waals surface area contributed by atoms with Crippen LogP contribution in [0.1, 0.15) is 25.7 Å². The maximum atomic E-state index is 13.2. The van der Waals surface area contributed by atoms with Crippen molar-refractivity contribution in [3.8, 4) is 11.5 Å². The molecule has 0 aromatic heterocycles. The summed E-state index contributed by atoms with van der Waals surface area (Å²) in [6.07, 6.45) is 2.81. The van der Waals surface area contributed by atoms with E-state index in [0.717, 1.165) is 19.3 Å². The van der Waals surface area contributed by atoms with E-state index in [1.165, 1.54) is 41.2 Å². The first-order valence-electron chi connectivity index (χ1n) is 12.6. The van der Waals surface area contributed by atoms with Gasteiger partial charge in [-0.05, 0) is 49.3 Å². The first-order valence-corrected chi connectivity index (χ1v) is 12.6. The molecule has 4 aliphatic rings. The number of nitrogens with zero attached hydrogens (tertiary/aromatic N) is 3. The van der Waals surface area contributed by atoms with Crippen molar-refractivity contribution in [3.63, 3.8) is 0 Å². The van der Waals surface area contributed by atoms with Gasteiger partial charge >= 0.3 is 5.97 Å². The third-order valence-electron chi connectivity index (χ3n) is 8.35. The molecule has 2 saturated carbocycles. The van der Waals surface area contributed by atoms with E-state index in [4.69, 9.17) is 9.47 Å². The lowest BCUT2D eigenvalue weighted by atomic mass is 9.81. The Balaban J connectivity index is 1.17. The Morgan fingerprint density at radius 3 is 2.39 bits per heavy atom. The van der Waals surface area contributed by atoms with Crippen molar-refractivity contribution in [2.24, 2.45) is 29.6 Å². The van der Waals surface area contributed by atoms with Crippen LogP contribution in [0.5, 0.6) is 11.5 Å². The second-order valence-corrected chi connectivity index (χ2v) is 10.3. The number of rotatable bonds is 6. The van der Waals surface area contributed by atoms with Crippen LogP contribution in [0.4, 0.5) is 17.1 Å². The van der Waals surface area contributed by atoms with E-state index in [1.54, 1.807) is 18.2 Å². The number of imide groups is 1. The highest BCUT2D eigenvalue weighted by molar-refractivity contribution is 6.22. The number of hydrogen-bond donors (Lipinski definition) is 0. The second kappa shape index (κ2) is 8.93. The predicted molar refractivity (Wildman–Crippen MR) is 132 cm³/mol. The van der Waals surface area contributed by atoms with Gasteiger partial charge in [0, 0.05) is 25.1 Å². The molecule has 0 radical (unpaired) electrons. The summed E-state index contributed by atoms with van der Waals surface area (Å²) < 4.78 is 10.8. The lowest BCUT2D eigenvalue weighted by molar-refractivity contribution is -0.384. The number of amides is 3. The van der Waals surface area contributed by atoms with Crippen molar-refractivity contribution < 1.29 is 33.6 Å². The number of ether oxygens (including phenoxy) is 2. The number of nitro groups is 1. The van der Waals surface area contributed by atoms with Crippen molar-refractivity contribution in [1.29, 1.82) is 0 Å². The van der Waals surface area contributed by atoms with Gasteiger partial charge in [0.05, 0.1) is 47.2 Å². The summed E-state index contributed by atoms with van der Waals surface area (Å²) in [5.74, 6) is -1.76. The summed E-state index contributed by atoms with van der Waals surface area (Å²) in [6, 6.07) is 10.2. The summed E-state index contributed by atoms with van der Waals surface area (Å²) in [7, 11) is 1.34. The monoisotopic (exact) mass is 519 g/mol. The molecule has 2 aliphatic heterocycles. The minimum Gasteiger partial charge on any atom is -0.494 e. The number of carbonyl (C=O) groups is 4. The number of fused-ring (bicyclic) bond motifs is 5. The van der Waals surface area contributed by atoms with Crippen LogP contribution < -0.4 is 19.3 Å². The highest BCUT2D eigenvalue weighted by atomic mass is 16.6. The van der Waals surface area contributed by atoms with E-state index in [2.05, 4.69) is 0 Å². The summed E-state index contributed by atoms with van der Waals surface area (Å²) >= 11 is 0. The van der Waals surface area contributed by atoms with E-state index in [1.807, 2.05) is 0 Å². The molecule has 196 valence electrons. The Hall–Kier alpha value is -4.28. The van der Waals surface area contributed by atoms with E-state index < -0.39 is 16.8 Å². The zero-order valence-electron chi connectivity index (χ0n) is 20.6. The van der Waals surface area contributed by atoms with Gasteiger partial charge in [-0.3, -0.25) is 29.3 Å². The topological polar surface area (TPSA) is 136 Å². The molecule has 11 heteroatoms. The van der Waals surface area contributed by atoms with E-state index >= 15 is 0 Å². The van der Waals surface area contributed by atoms with Crippen LogP contribution in [-0.4, -0.2) is 42.3 Å². The lowest BCUT2D eigenvalue weighted by Crippen LogP contribution is -2.32. The quantitative estimate of drug-likeness (QED) is 0.187. The average molecular weight is 520 g/mol. The molecule has 2 aromatic carbocycles. The van der Waals surface area contributed by atoms with Gasteiger partial charge in [0.2, 0.25) is 17.7 Å². The van der Waals surface area contributed by atoms with Crippen LogP contribution >= 0.6 is 0 Å². The number of non-ortho nitro benzene ring substituents is 1. The Bertz CT molecular complexity index is 1360. The standard InChI is InChI=1S/C27H25N3O8/c1-37-21-12-18(30(35)36)7-8-20(21)28-13-16(10-22(28)31)27(34)38-19-4-2-3-17(11-19)29-25(32)23-14-5-6-15(9-14)24(23)26(29)33/h2-4,7-8,11-12,14-16,23-24H,5-6,9-10,13H2,1H3/t14-,15-,16+,23+,24+/m0/s1. The van der Waals surface area contributed by atoms with Gasteiger partial charge in [0.25, 0.3) is 5.69 Å². The number of anilines is 2. The smallest absolute Gasteiger partial charge is 0.316 e. The van der Waals surface area contributed by atoms with Crippen LogP contribution in [0.25, 0.3) is 0 Å². The van der Waals surface area contributed by atoms with Crippen LogP contribution in [0.3, 0.4) is 0 Å². The molecule has 3 amide bonds. The summed E-state index contributed by atoms with van der Waals surface area (Å²) in [6.45, 7) is 0.0146. The van der Waals surface area contributed by atoms with Gasteiger partial charge in [-0.25, -0.2) is 4.90 Å². The molecule has 38 heavy (non-hydrogen) atoms. The first kappa shape index (κ1) is 24.1. The molecule has 0 N–H and O–H groups in total. The SMILES string of the molecule is COc1cc([N+](=O)[O-])ccc1N1C[C@H](C(=O)Oc2cccc(N3C(=O)[C@@H]4[C@H]5CC[C@@H](C5)[C@H]4C3=O)c2)CC1=O. The van der Waals surface area contributed by atoms with Crippen molar-refractivity contribution in [2.45, 2.75) is 25.7 Å². The molecular weight excluding hydrogens is 494 g/mol. The lowest BCUT2D eigenvalue weighted by Gasteiger charge is -2.19. The molecule has 2 saturated heterocycles. The molecule has 2 aromatic rings. The molecule has 2 heterocycles. The van der Waals surface area contributed by atoms with E-state index in [9.17, 15) is 29.3 Å². The fraction of sp³-hybridized carbons (Fsp3) is 0.407. The van der Waals surface area contributed by atoms with Crippen LogP contribution in [0.15, 0.2) is 42.5 Å². The van der Waals surface area contributed by atoms with Gasteiger partial charge in [0.1, 0.15) is 11.5 Å². The Morgan fingerprint density at radius 1 is 1.03 bits per heavy atom. The number of nitro benzene ring substituents is 1. The van der Waals surface area contributed by atoms with Gasteiger partial charge < -0.3 is 14.4 Å². The first-order chi connectivity index (χ1) is 18.3. The Morgan fingerprint density at radius 2 is 1.74 bits per heavy atom. The van der Waals surface area contributed by atoms with E-state index in [-0.39, 0.29) is 71.5 Å². The summed E-state index contributed by atoms with van der Waals surface area (Å²) in [4.78, 5) is 65.1. The molecule has 2 aliphatic carbocycles. The fourth-order valence-electron chi connectivity index (χ4n) is 6.65. The second-order valence-electron chi connectivity index (χ2n) is 10.3. The van der Waals surface area contributed by atoms with Gasteiger partial charge in [-0.15, -0.1) is 0 Å². The van der Waals surface area contributed by atoms with Gasteiger partial charge in [0.15, 0.2) is 0 Å². The molecule has 0 unspecified atom stereocenters. The maximum absolute atomic E-state index is 13.2. The zero-order chi connectivity index (χ0) is 26.7. The highest BCUT2D eigenvalue weighted by Gasteiger charge is 2.61. The molecule has 6 rings (SSSR count). The van der Waals surface area contributed by atoms with Crippen molar-refractivity contribution in [2.75, 3.05) is 23.5 Å². The minimum atomic E-state index is -0.781. The average Bonchev–Trinajstić information content (AvgIpc) is 3.67. The summed E-state index contributed by atoms with van der Waals surface area (Å²) in [5.41, 5.74) is 0.518. The van der Waals surface area contributed by atoms with Crippen molar-refractivity contribution in [1.82, 2.24) is 0 Å². The predicted octanol–water partition coefficient (Wildman–Crippen LogP) is 3.10. The molecule has 11 nitrogen and oxygen atoms in total. The largest absolute Gasteiger partial charge is 0.494 e.